The van der Waals surface area contributed by atoms with Gasteiger partial charge in [0.1, 0.15) is 11.5 Å². The lowest BCUT2D eigenvalue weighted by molar-refractivity contribution is 0.0905. The van der Waals surface area contributed by atoms with E-state index in [0.717, 1.165) is 44.0 Å². The lowest BCUT2D eigenvalue weighted by atomic mass is 10.1. The van der Waals surface area contributed by atoms with Crippen LogP contribution in [0.3, 0.4) is 0 Å². The van der Waals surface area contributed by atoms with E-state index in [1.807, 2.05) is 18.2 Å². The Labute approximate surface area is 172 Å². The summed E-state index contributed by atoms with van der Waals surface area (Å²) in [6.45, 7) is 4.41. The normalized spacial score (nSPS) is 15.9. The first-order valence-corrected chi connectivity index (χ1v) is 9.95. The standard InChI is InChI=1S/C22H28N2O3S/c1-16-6-8-17(9-7-16)14-24(15-19-5-4-12-27-19)22(28)23-20-11-10-18(25-2)13-21(20)26-3/h6-11,13,19H,4-5,12,14-15H2,1-3H3,(H,23,28). The highest BCUT2D eigenvalue weighted by Crippen LogP contribution is 2.29. The number of thiocarbonyl (C=S) groups is 1. The maximum absolute atomic E-state index is 5.85. The van der Waals surface area contributed by atoms with Gasteiger partial charge in [0, 0.05) is 25.8 Å². The maximum Gasteiger partial charge on any atom is 0.173 e. The Hall–Kier alpha value is -2.31. The highest BCUT2D eigenvalue weighted by atomic mass is 32.1. The summed E-state index contributed by atoms with van der Waals surface area (Å²) in [6, 6.07) is 14.2. The van der Waals surface area contributed by atoms with Gasteiger partial charge in [-0.2, -0.15) is 0 Å². The van der Waals surface area contributed by atoms with Gasteiger partial charge in [0.15, 0.2) is 5.11 Å². The van der Waals surface area contributed by atoms with Crippen molar-refractivity contribution in [1.82, 2.24) is 4.90 Å². The first-order valence-electron chi connectivity index (χ1n) is 9.54. The third-order valence-corrected chi connectivity index (χ3v) is 5.24. The van der Waals surface area contributed by atoms with Gasteiger partial charge in [0.05, 0.1) is 26.0 Å². The minimum Gasteiger partial charge on any atom is -0.497 e. The van der Waals surface area contributed by atoms with E-state index in [1.54, 1.807) is 14.2 Å². The van der Waals surface area contributed by atoms with Crippen LogP contribution in [0.2, 0.25) is 0 Å². The summed E-state index contributed by atoms with van der Waals surface area (Å²) < 4.78 is 16.6. The van der Waals surface area contributed by atoms with E-state index in [4.69, 9.17) is 26.4 Å². The number of methoxy groups -OCH3 is 2. The third kappa shape index (κ3) is 5.36. The number of benzene rings is 2. The molecule has 1 aliphatic heterocycles. The fourth-order valence-corrected chi connectivity index (χ4v) is 3.51. The smallest absolute Gasteiger partial charge is 0.173 e. The van der Waals surface area contributed by atoms with Gasteiger partial charge in [-0.15, -0.1) is 0 Å². The zero-order valence-electron chi connectivity index (χ0n) is 16.7. The molecule has 5 nitrogen and oxygen atoms in total. The molecule has 1 unspecified atom stereocenters. The molecule has 1 aliphatic rings. The van der Waals surface area contributed by atoms with E-state index in [2.05, 4.69) is 41.4 Å². The predicted octanol–water partition coefficient (Wildman–Crippen LogP) is 4.39. The summed E-state index contributed by atoms with van der Waals surface area (Å²) in [4.78, 5) is 2.17. The quantitative estimate of drug-likeness (QED) is 0.696. The number of hydrogen-bond donors (Lipinski definition) is 1. The molecule has 2 aromatic carbocycles. The SMILES string of the molecule is COc1ccc(NC(=S)N(Cc2ccc(C)cc2)CC2CCCO2)c(OC)c1. The average molecular weight is 401 g/mol. The zero-order valence-corrected chi connectivity index (χ0v) is 17.6. The highest BCUT2D eigenvalue weighted by molar-refractivity contribution is 7.80. The van der Waals surface area contributed by atoms with Gasteiger partial charge in [-0.3, -0.25) is 0 Å². The Morgan fingerprint density at radius 2 is 1.96 bits per heavy atom. The Kier molecular flexibility index (Phi) is 7.12. The topological polar surface area (TPSA) is 43.0 Å². The van der Waals surface area contributed by atoms with E-state index in [0.29, 0.717) is 10.9 Å². The van der Waals surface area contributed by atoms with Crippen molar-refractivity contribution in [3.8, 4) is 11.5 Å². The minimum absolute atomic E-state index is 0.211. The first kappa shape index (κ1) is 20.4. The molecule has 0 bridgehead atoms. The largest absolute Gasteiger partial charge is 0.497 e. The Morgan fingerprint density at radius 1 is 1.18 bits per heavy atom. The van der Waals surface area contributed by atoms with Crippen LogP contribution in [0.25, 0.3) is 0 Å². The van der Waals surface area contributed by atoms with Gasteiger partial charge in [0.2, 0.25) is 0 Å². The molecule has 2 aromatic rings. The van der Waals surface area contributed by atoms with Crippen LogP contribution >= 0.6 is 12.2 Å². The van der Waals surface area contributed by atoms with E-state index in [9.17, 15) is 0 Å². The monoisotopic (exact) mass is 400 g/mol. The van der Waals surface area contributed by atoms with Crippen LogP contribution < -0.4 is 14.8 Å². The molecule has 0 spiro atoms. The lowest BCUT2D eigenvalue weighted by Crippen LogP contribution is -2.39. The van der Waals surface area contributed by atoms with Crippen LogP contribution in [0.4, 0.5) is 5.69 Å². The van der Waals surface area contributed by atoms with Gasteiger partial charge in [-0.1, -0.05) is 29.8 Å². The number of rotatable bonds is 7. The van der Waals surface area contributed by atoms with Crippen LogP contribution in [0.1, 0.15) is 24.0 Å². The second-order valence-electron chi connectivity index (χ2n) is 7.00. The molecule has 1 fully saturated rings. The van der Waals surface area contributed by atoms with Crippen LogP contribution in [0, 0.1) is 6.92 Å². The molecule has 1 N–H and O–H groups in total. The number of hydrogen-bond acceptors (Lipinski definition) is 4. The summed E-state index contributed by atoms with van der Waals surface area (Å²) >= 11 is 5.76. The van der Waals surface area contributed by atoms with Crippen molar-refractivity contribution < 1.29 is 14.2 Å². The number of nitrogens with one attached hydrogen (secondary N) is 1. The molecular weight excluding hydrogens is 372 g/mol. The molecule has 0 radical (unpaired) electrons. The molecule has 28 heavy (non-hydrogen) atoms. The maximum atomic E-state index is 5.85. The molecule has 1 saturated heterocycles. The Balaban J connectivity index is 1.76. The summed E-state index contributed by atoms with van der Waals surface area (Å²) in [5.74, 6) is 1.43. The van der Waals surface area contributed by atoms with Crippen molar-refractivity contribution in [2.75, 3.05) is 32.7 Å². The van der Waals surface area contributed by atoms with Crippen LogP contribution in [0.15, 0.2) is 42.5 Å². The molecule has 0 aromatic heterocycles. The summed E-state index contributed by atoms with van der Waals surface area (Å²) in [5, 5.41) is 3.99. The molecule has 3 rings (SSSR count). The fourth-order valence-electron chi connectivity index (χ4n) is 3.26. The van der Waals surface area contributed by atoms with Gasteiger partial charge >= 0.3 is 0 Å². The van der Waals surface area contributed by atoms with Crippen molar-refractivity contribution in [1.29, 1.82) is 0 Å². The van der Waals surface area contributed by atoms with Crippen molar-refractivity contribution in [2.45, 2.75) is 32.4 Å². The van der Waals surface area contributed by atoms with Crippen molar-refractivity contribution in [3.05, 3.63) is 53.6 Å². The van der Waals surface area contributed by atoms with Crippen molar-refractivity contribution in [3.63, 3.8) is 0 Å². The van der Waals surface area contributed by atoms with Crippen LogP contribution in [-0.4, -0.2) is 43.5 Å². The average Bonchev–Trinajstić information content (AvgIpc) is 3.22. The molecule has 6 heteroatoms. The zero-order chi connectivity index (χ0) is 19.9. The number of nitrogens with zero attached hydrogens (tertiary/aromatic N) is 1. The fraction of sp³-hybridized carbons (Fsp3) is 0.409. The Bertz CT molecular complexity index is 789. The molecule has 0 saturated carbocycles. The molecule has 150 valence electrons. The van der Waals surface area contributed by atoms with Gasteiger partial charge in [-0.25, -0.2) is 0 Å². The number of aryl methyl sites for hydroxylation is 1. The van der Waals surface area contributed by atoms with Crippen molar-refractivity contribution >= 4 is 23.0 Å². The summed E-state index contributed by atoms with van der Waals surface area (Å²) in [6.07, 6.45) is 2.39. The van der Waals surface area contributed by atoms with Gasteiger partial charge in [-0.05, 0) is 49.7 Å². The second kappa shape index (κ2) is 9.75. The number of ether oxygens (including phenoxy) is 3. The van der Waals surface area contributed by atoms with Crippen LogP contribution in [0.5, 0.6) is 11.5 Å². The lowest BCUT2D eigenvalue weighted by Gasteiger charge is -2.29. The van der Waals surface area contributed by atoms with Gasteiger partial charge in [0.25, 0.3) is 0 Å². The molecule has 0 aliphatic carbocycles. The molecule has 1 atom stereocenters. The summed E-state index contributed by atoms with van der Waals surface area (Å²) in [5.41, 5.74) is 3.28. The van der Waals surface area contributed by atoms with Crippen molar-refractivity contribution in [2.24, 2.45) is 0 Å². The van der Waals surface area contributed by atoms with E-state index >= 15 is 0 Å². The summed E-state index contributed by atoms with van der Waals surface area (Å²) in [7, 11) is 3.27. The molecule has 1 heterocycles. The highest BCUT2D eigenvalue weighted by Gasteiger charge is 2.22. The van der Waals surface area contributed by atoms with E-state index in [-0.39, 0.29) is 6.10 Å². The predicted molar refractivity (Wildman–Crippen MR) is 116 cm³/mol. The molecular formula is C22H28N2O3S. The Morgan fingerprint density at radius 3 is 2.61 bits per heavy atom. The number of anilines is 1. The van der Waals surface area contributed by atoms with Gasteiger partial charge < -0.3 is 24.4 Å². The third-order valence-electron chi connectivity index (χ3n) is 4.88. The minimum atomic E-state index is 0.211. The van der Waals surface area contributed by atoms with E-state index in [1.165, 1.54) is 11.1 Å². The van der Waals surface area contributed by atoms with E-state index < -0.39 is 0 Å². The second-order valence-corrected chi connectivity index (χ2v) is 7.38. The first-order chi connectivity index (χ1) is 13.6. The molecule has 0 amide bonds. The van der Waals surface area contributed by atoms with Crippen LogP contribution in [-0.2, 0) is 11.3 Å².